The van der Waals surface area contributed by atoms with Gasteiger partial charge in [0.05, 0.1) is 28.9 Å². The highest BCUT2D eigenvalue weighted by Gasteiger charge is 2.08. The van der Waals surface area contributed by atoms with Gasteiger partial charge in [-0.1, -0.05) is 18.5 Å². The van der Waals surface area contributed by atoms with Gasteiger partial charge in [-0.3, -0.25) is 0 Å². The van der Waals surface area contributed by atoms with Gasteiger partial charge in [0, 0.05) is 0 Å². The van der Waals surface area contributed by atoms with Gasteiger partial charge < -0.3 is 15.8 Å². The van der Waals surface area contributed by atoms with Gasteiger partial charge >= 0.3 is 6.01 Å². The van der Waals surface area contributed by atoms with Crippen molar-refractivity contribution in [1.29, 1.82) is 5.26 Å². The second-order valence-electron chi connectivity index (χ2n) is 4.08. The van der Waals surface area contributed by atoms with E-state index in [1.165, 1.54) is 0 Å². The molecule has 2 rings (SSSR count). The third kappa shape index (κ3) is 3.94. The average molecular weight is 305 g/mol. The minimum Gasteiger partial charge on any atom is -0.463 e. The smallest absolute Gasteiger partial charge is 0.323 e. The van der Waals surface area contributed by atoms with E-state index >= 15 is 0 Å². The first kappa shape index (κ1) is 14.8. The number of nitrogens with two attached hydrogens (primary N) is 1. The van der Waals surface area contributed by atoms with Crippen molar-refractivity contribution in [2.45, 2.75) is 13.3 Å². The molecule has 3 N–H and O–H groups in total. The molecule has 0 saturated carbocycles. The van der Waals surface area contributed by atoms with Crippen molar-refractivity contribution in [1.82, 2.24) is 15.0 Å². The fraction of sp³-hybridized carbons (Fsp3) is 0.231. The first-order chi connectivity index (χ1) is 10.1. The van der Waals surface area contributed by atoms with Crippen molar-refractivity contribution in [2.75, 3.05) is 17.7 Å². The van der Waals surface area contributed by atoms with E-state index in [2.05, 4.69) is 20.3 Å². The van der Waals surface area contributed by atoms with Crippen LogP contribution in [0.2, 0.25) is 5.02 Å². The lowest BCUT2D eigenvalue weighted by Crippen LogP contribution is -2.07. The molecule has 7 nitrogen and oxygen atoms in total. The first-order valence-electron chi connectivity index (χ1n) is 6.23. The largest absolute Gasteiger partial charge is 0.463 e. The molecule has 0 saturated heterocycles. The van der Waals surface area contributed by atoms with Crippen LogP contribution in [-0.4, -0.2) is 21.6 Å². The second kappa shape index (κ2) is 6.72. The molecule has 0 fully saturated rings. The zero-order valence-corrected chi connectivity index (χ0v) is 12.1. The summed E-state index contributed by atoms with van der Waals surface area (Å²) in [5.41, 5.74) is 6.58. The molecule has 1 aromatic heterocycles. The molecule has 0 aliphatic rings. The Morgan fingerprint density at radius 3 is 2.90 bits per heavy atom. The zero-order chi connectivity index (χ0) is 15.2. The Kier molecular flexibility index (Phi) is 4.74. The molecule has 0 unspecified atom stereocenters. The molecule has 1 aromatic carbocycles. The Labute approximate surface area is 126 Å². The number of nitriles is 1. The number of nitrogen functional groups attached to an aromatic ring is 1. The minimum atomic E-state index is 0.0335. The third-order valence-corrected chi connectivity index (χ3v) is 2.74. The maximum atomic E-state index is 8.90. The SMILES string of the molecule is CCCOc1nc(N)nc(Nc2cc(C#N)ccc2Cl)n1. The van der Waals surface area contributed by atoms with E-state index in [4.69, 9.17) is 27.3 Å². The van der Waals surface area contributed by atoms with E-state index in [-0.39, 0.29) is 17.9 Å². The van der Waals surface area contributed by atoms with E-state index in [1.54, 1.807) is 18.2 Å². The van der Waals surface area contributed by atoms with Crippen LogP contribution in [0, 0.1) is 11.3 Å². The summed E-state index contributed by atoms with van der Waals surface area (Å²) < 4.78 is 5.32. The maximum absolute atomic E-state index is 8.90. The number of ether oxygens (including phenoxy) is 1. The van der Waals surface area contributed by atoms with Crippen LogP contribution in [0.5, 0.6) is 6.01 Å². The van der Waals surface area contributed by atoms with Crippen LogP contribution in [0.15, 0.2) is 18.2 Å². The lowest BCUT2D eigenvalue weighted by Gasteiger charge is -2.09. The Morgan fingerprint density at radius 1 is 1.38 bits per heavy atom. The fourth-order valence-electron chi connectivity index (χ4n) is 1.50. The number of rotatable bonds is 5. The van der Waals surface area contributed by atoms with Gasteiger partial charge in [-0.05, 0) is 24.6 Å². The first-order valence-corrected chi connectivity index (χ1v) is 6.61. The van der Waals surface area contributed by atoms with Crippen molar-refractivity contribution in [2.24, 2.45) is 0 Å². The van der Waals surface area contributed by atoms with Gasteiger partial charge in [0.2, 0.25) is 11.9 Å². The average Bonchev–Trinajstić information content (AvgIpc) is 2.47. The van der Waals surface area contributed by atoms with Crippen molar-refractivity contribution < 1.29 is 4.74 Å². The number of anilines is 3. The number of nitrogens with zero attached hydrogens (tertiary/aromatic N) is 4. The quantitative estimate of drug-likeness (QED) is 0.873. The molecular weight excluding hydrogens is 292 g/mol. The predicted molar refractivity (Wildman–Crippen MR) is 79.5 cm³/mol. The highest BCUT2D eigenvalue weighted by molar-refractivity contribution is 6.33. The topological polar surface area (TPSA) is 110 Å². The summed E-state index contributed by atoms with van der Waals surface area (Å²) in [5, 5.41) is 12.2. The van der Waals surface area contributed by atoms with Gasteiger partial charge in [0.15, 0.2) is 0 Å². The summed E-state index contributed by atoms with van der Waals surface area (Å²) in [6.07, 6.45) is 0.824. The van der Waals surface area contributed by atoms with Crippen molar-refractivity contribution >= 4 is 29.2 Å². The van der Waals surface area contributed by atoms with Crippen molar-refractivity contribution in [3.05, 3.63) is 28.8 Å². The summed E-state index contributed by atoms with van der Waals surface area (Å²) in [6, 6.07) is 6.99. The molecule has 108 valence electrons. The molecule has 0 aliphatic carbocycles. The molecule has 0 amide bonds. The normalized spacial score (nSPS) is 9.95. The summed E-state index contributed by atoms with van der Waals surface area (Å²) in [7, 11) is 0. The maximum Gasteiger partial charge on any atom is 0.323 e. The minimum absolute atomic E-state index is 0.0335. The van der Waals surface area contributed by atoms with Crippen molar-refractivity contribution in [3.8, 4) is 12.1 Å². The summed E-state index contributed by atoms with van der Waals surface area (Å²) in [5.74, 6) is 0.233. The molecule has 0 atom stereocenters. The highest BCUT2D eigenvalue weighted by atomic mass is 35.5. The van der Waals surface area contributed by atoms with Gasteiger partial charge in [-0.2, -0.15) is 20.2 Å². The Hall–Kier alpha value is -2.59. The van der Waals surface area contributed by atoms with Crippen LogP contribution in [0.1, 0.15) is 18.9 Å². The number of aromatic nitrogens is 3. The van der Waals surface area contributed by atoms with Crippen LogP contribution in [-0.2, 0) is 0 Å². The molecule has 1 heterocycles. The van der Waals surface area contributed by atoms with Crippen LogP contribution in [0.3, 0.4) is 0 Å². The van der Waals surface area contributed by atoms with E-state index in [1.807, 2.05) is 13.0 Å². The number of hydrogen-bond acceptors (Lipinski definition) is 7. The lowest BCUT2D eigenvalue weighted by molar-refractivity contribution is 0.292. The van der Waals surface area contributed by atoms with Crippen LogP contribution >= 0.6 is 11.6 Å². The second-order valence-corrected chi connectivity index (χ2v) is 4.49. The molecular formula is C13H13ClN6O. The van der Waals surface area contributed by atoms with E-state index < -0.39 is 0 Å². The molecule has 8 heteroatoms. The van der Waals surface area contributed by atoms with E-state index in [0.29, 0.717) is 22.9 Å². The Bertz CT molecular complexity index is 685. The molecule has 0 aliphatic heterocycles. The monoisotopic (exact) mass is 304 g/mol. The predicted octanol–water partition coefficient (Wildman–Crippen LogP) is 2.51. The molecule has 2 aromatic rings. The van der Waals surface area contributed by atoms with E-state index in [9.17, 15) is 0 Å². The fourth-order valence-corrected chi connectivity index (χ4v) is 1.66. The summed E-state index contributed by atoms with van der Waals surface area (Å²) in [4.78, 5) is 11.9. The third-order valence-electron chi connectivity index (χ3n) is 2.41. The van der Waals surface area contributed by atoms with E-state index in [0.717, 1.165) is 6.42 Å². The lowest BCUT2D eigenvalue weighted by atomic mass is 10.2. The van der Waals surface area contributed by atoms with Gasteiger partial charge in [-0.15, -0.1) is 0 Å². The highest BCUT2D eigenvalue weighted by Crippen LogP contribution is 2.25. The van der Waals surface area contributed by atoms with Crippen LogP contribution < -0.4 is 15.8 Å². The molecule has 21 heavy (non-hydrogen) atoms. The van der Waals surface area contributed by atoms with Crippen LogP contribution in [0.25, 0.3) is 0 Å². The van der Waals surface area contributed by atoms with Gasteiger partial charge in [-0.25, -0.2) is 0 Å². The zero-order valence-electron chi connectivity index (χ0n) is 11.3. The number of nitrogens with one attached hydrogen (secondary N) is 1. The number of halogens is 1. The standard InChI is InChI=1S/C13H13ClN6O/c1-2-5-21-13-19-11(16)18-12(20-13)17-10-6-8(7-15)3-4-9(10)14/h3-4,6H,2,5H2,1H3,(H3,16,17,18,19,20). The van der Waals surface area contributed by atoms with Crippen LogP contribution in [0.4, 0.5) is 17.6 Å². The Morgan fingerprint density at radius 2 is 2.19 bits per heavy atom. The number of hydrogen-bond donors (Lipinski definition) is 2. The van der Waals surface area contributed by atoms with Gasteiger partial charge in [0.1, 0.15) is 0 Å². The number of benzene rings is 1. The molecule has 0 bridgehead atoms. The molecule has 0 spiro atoms. The van der Waals surface area contributed by atoms with Crippen molar-refractivity contribution in [3.63, 3.8) is 0 Å². The van der Waals surface area contributed by atoms with Gasteiger partial charge in [0.25, 0.3) is 0 Å². The Balaban J connectivity index is 2.27. The summed E-state index contributed by atoms with van der Waals surface area (Å²) in [6.45, 7) is 2.45. The summed E-state index contributed by atoms with van der Waals surface area (Å²) >= 11 is 6.06. The molecule has 0 radical (unpaired) electrons.